The van der Waals surface area contributed by atoms with Crippen molar-refractivity contribution in [1.29, 1.82) is 0 Å². The molecular formula is C15H14F3NO4S2. The van der Waals surface area contributed by atoms with E-state index < -0.39 is 48.2 Å². The van der Waals surface area contributed by atoms with Gasteiger partial charge in [0, 0.05) is 12.3 Å². The summed E-state index contributed by atoms with van der Waals surface area (Å²) in [6.45, 7) is 1.44. The summed E-state index contributed by atoms with van der Waals surface area (Å²) in [5.74, 6) is -5.19. The van der Waals surface area contributed by atoms with Crippen LogP contribution in [0, 0.1) is 17.5 Å². The molecular weight excluding hydrogens is 379 g/mol. The lowest BCUT2D eigenvalue weighted by atomic mass is 10.1. The van der Waals surface area contributed by atoms with E-state index in [2.05, 4.69) is 4.72 Å². The second-order valence-electron chi connectivity index (χ2n) is 5.36. The van der Waals surface area contributed by atoms with E-state index in [1.54, 1.807) is 0 Å². The molecule has 0 aromatic heterocycles. The molecule has 2 rings (SSSR count). The van der Waals surface area contributed by atoms with Crippen molar-refractivity contribution in [2.45, 2.75) is 22.8 Å². The Kier molecular flexibility index (Phi) is 5.26. The first kappa shape index (κ1) is 19.4. The van der Waals surface area contributed by atoms with Crippen LogP contribution in [0.2, 0.25) is 0 Å². The van der Waals surface area contributed by atoms with Crippen molar-refractivity contribution >= 4 is 19.9 Å². The molecule has 136 valence electrons. The third-order valence-electron chi connectivity index (χ3n) is 3.43. The SMILES string of the molecule is CC(NS(=O)(=O)c1ccc(F)c(F)c1F)c1ccc(S(C)(=O)=O)cc1. The van der Waals surface area contributed by atoms with E-state index in [4.69, 9.17) is 0 Å². The fourth-order valence-electron chi connectivity index (χ4n) is 2.08. The Morgan fingerprint density at radius 2 is 1.44 bits per heavy atom. The predicted molar refractivity (Wildman–Crippen MR) is 84.6 cm³/mol. The second-order valence-corrected chi connectivity index (χ2v) is 9.06. The van der Waals surface area contributed by atoms with E-state index in [-0.39, 0.29) is 4.90 Å². The van der Waals surface area contributed by atoms with Crippen LogP contribution in [-0.4, -0.2) is 23.1 Å². The number of hydrogen-bond donors (Lipinski definition) is 1. The zero-order valence-corrected chi connectivity index (χ0v) is 14.8. The van der Waals surface area contributed by atoms with Gasteiger partial charge in [0.1, 0.15) is 4.90 Å². The van der Waals surface area contributed by atoms with Gasteiger partial charge in [0.15, 0.2) is 27.3 Å². The molecule has 1 N–H and O–H groups in total. The maximum Gasteiger partial charge on any atom is 0.244 e. The summed E-state index contributed by atoms with van der Waals surface area (Å²) in [6.07, 6.45) is 1.03. The van der Waals surface area contributed by atoms with Crippen LogP contribution in [0.15, 0.2) is 46.2 Å². The van der Waals surface area contributed by atoms with Crippen LogP contribution < -0.4 is 4.72 Å². The summed E-state index contributed by atoms with van der Waals surface area (Å²) >= 11 is 0. The number of halogens is 3. The van der Waals surface area contributed by atoms with Crippen LogP contribution in [0.1, 0.15) is 18.5 Å². The van der Waals surface area contributed by atoms with Crippen molar-refractivity contribution in [2.75, 3.05) is 6.26 Å². The molecule has 0 saturated heterocycles. The van der Waals surface area contributed by atoms with Gasteiger partial charge < -0.3 is 0 Å². The van der Waals surface area contributed by atoms with Gasteiger partial charge in [-0.2, -0.15) is 0 Å². The van der Waals surface area contributed by atoms with E-state index in [1.165, 1.54) is 31.2 Å². The van der Waals surface area contributed by atoms with Gasteiger partial charge in [-0.3, -0.25) is 0 Å². The molecule has 1 atom stereocenters. The quantitative estimate of drug-likeness (QED) is 0.792. The summed E-state index contributed by atoms with van der Waals surface area (Å²) in [5.41, 5.74) is 0.402. The largest absolute Gasteiger partial charge is 0.244 e. The molecule has 2 aromatic rings. The summed E-state index contributed by atoms with van der Waals surface area (Å²) in [6, 6.07) is 5.65. The van der Waals surface area contributed by atoms with E-state index in [0.717, 1.165) is 6.26 Å². The first-order valence-electron chi connectivity index (χ1n) is 6.89. The standard InChI is InChI=1S/C15H14F3NO4S2/c1-9(10-3-5-11(6-4-10)24(2,20)21)19-25(22,23)13-8-7-12(16)14(17)15(13)18/h3-9,19H,1-2H3. The Morgan fingerprint density at radius 3 is 1.96 bits per heavy atom. The summed E-state index contributed by atoms with van der Waals surface area (Å²) in [7, 11) is -7.87. The van der Waals surface area contributed by atoms with E-state index in [0.29, 0.717) is 17.7 Å². The minimum Gasteiger partial charge on any atom is -0.224 e. The van der Waals surface area contributed by atoms with Gasteiger partial charge in [-0.05, 0) is 36.8 Å². The minimum atomic E-state index is -4.47. The minimum absolute atomic E-state index is 0.0537. The van der Waals surface area contributed by atoms with Crippen LogP contribution in [-0.2, 0) is 19.9 Å². The third-order valence-corrected chi connectivity index (χ3v) is 6.12. The molecule has 5 nitrogen and oxygen atoms in total. The fourth-order valence-corrected chi connectivity index (χ4v) is 4.02. The van der Waals surface area contributed by atoms with Gasteiger partial charge in [0.25, 0.3) is 0 Å². The van der Waals surface area contributed by atoms with E-state index >= 15 is 0 Å². The van der Waals surface area contributed by atoms with Gasteiger partial charge in [-0.15, -0.1) is 0 Å². The zero-order valence-electron chi connectivity index (χ0n) is 13.1. The molecule has 0 radical (unpaired) electrons. The van der Waals surface area contributed by atoms with Crippen molar-refractivity contribution in [3.05, 3.63) is 59.4 Å². The maximum absolute atomic E-state index is 13.7. The molecule has 0 aliphatic heterocycles. The molecule has 0 bridgehead atoms. The molecule has 2 aromatic carbocycles. The lowest BCUT2D eigenvalue weighted by Crippen LogP contribution is -2.28. The van der Waals surface area contributed by atoms with Crippen molar-refractivity contribution in [3.8, 4) is 0 Å². The smallest absolute Gasteiger partial charge is 0.224 e. The predicted octanol–water partition coefficient (Wildman–Crippen LogP) is 2.55. The van der Waals surface area contributed by atoms with Gasteiger partial charge in [0.05, 0.1) is 4.90 Å². The summed E-state index contributed by atoms with van der Waals surface area (Å²) < 4.78 is 89.2. The molecule has 25 heavy (non-hydrogen) atoms. The highest BCUT2D eigenvalue weighted by molar-refractivity contribution is 7.90. The van der Waals surface area contributed by atoms with Crippen molar-refractivity contribution in [1.82, 2.24) is 4.72 Å². The lowest BCUT2D eigenvalue weighted by Gasteiger charge is -2.15. The van der Waals surface area contributed by atoms with Crippen LogP contribution >= 0.6 is 0 Å². The van der Waals surface area contributed by atoms with E-state index in [9.17, 15) is 30.0 Å². The highest BCUT2D eigenvalue weighted by atomic mass is 32.2. The molecule has 0 fully saturated rings. The topological polar surface area (TPSA) is 80.3 Å². The molecule has 1 unspecified atom stereocenters. The molecule has 0 saturated carbocycles. The highest BCUT2D eigenvalue weighted by Crippen LogP contribution is 2.23. The zero-order chi connectivity index (χ0) is 19.0. The van der Waals surface area contributed by atoms with Crippen LogP contribution in [0.4, 0.5) is 13.2 Å². The first-order chi connectivity index (χ1) is 11.4. The highest BCUT2D eigenvalue weighted by Gasteiger charge is 2.26. The van der Waals surface area contributed by atoms with Gasteiger partial charge in [0.2, 0.25) is 10.0 Å². The van der Waals surface area contributed by atoms with Gasteiger partial charge >= 0.3 is 0 Å². The van der Waals surface area contributed by atoms with Crippen LogP contribution in [0.5, 0.6) is 0 Å². The number of nitrogens with one attached hydrogen (secondary N) is 1. The Bertz CT molecular complexity index is 1000. The number of benzene rings is 2. The molecule has 0 aliphatic carbocycles. The molecule has 10 heteroatoms. The molecule has 0 heterocycles. The Hall–Kier alpha value is -1.91. The maximum atomic E-state index is 13.7. The Balaban J connectivity index is 2.30. The molecule has 0 spiro atoms. The molecule has 0 aliphatic rings. The summed E-state index contributed by atoms with van der Waals surface area (Å²) in [4.78, 5) is -0.969. The second kappa shape index (κ2) is 6.77. The van der Waals surface area contributed by atoms with E-state index in [1.807, 2.05) is 0 Å². The molecule has 0 amide bonds. The first-order valence-corrected chi connectivity index (χ1v) is 10.3. The number of rotatable bonds is 5. The number of sulfone groups is 1. The number of sulfonamides is 1. The number of hydrogen-bond acceptors (Lipinski definition) is 4. The monoisotopic (exact) mass is 393 g/mol. The Morgan fingerprint density at radius 1 is 0.880 bits per heavy atom. The normalized spacial score (nSPS) is 13.6. The average molecular weight is 393 g/mol. The van der Waals surface area contributed by atoms with Crippen molar-refractivity contribution in [2.24, 2.45) is 0 Å². The average Bonchev–Trinajstić information content (AvgIpc) is 2.51. The van der Waals surface area contributed by atoms with Gasteiger partial charge in [-0.25, -0.2) is 34.7 Å². The van der Waals surface area contributed by atoms with Crippen molar-refractivity contribution < 1.29 is 30.0 Å². The van der Waals surface area contributed by atoms with Gasteiger partial charge in [-0.1, -0.05) is 12.1 Å². The Labute approximate surface area is 143 Å². The fraction of sp³-hybridized carbons (Fsp3) is 0.200. The lowest BCUT2D eigenvalue weighted by molar-refractivity contribution is 0.431. The summed E-state index contributed by atoms with van der Waals surface area (Å²) in [5, 5.41) is 0. The van der Waals surface area contributed by atoms with Crippen molar-refractivity contribution in [3.63, 3.8) is 0 Å². The van der Waals surface area contributed by atoms with Crippen LogP contribution in [0.25, 0.3) is 0 Å². The third kappa shape index (κ3) is 4.20. The van der Waals surface area contributed by atoms with Crippen LogP contribution in [0.3, 0.4) is 0 Å².